The summed E-state index contributed by atoms with van der Waals surface area (Å²) in [4.78, 5) is 38.4. The molecular formula is C19H18ClN3O6S. The molecule has 1 aromatic heterocycles. The molecule has 2 fully saturated rings. The van der Waals surface area contributed by atoms with Crippen molar-refractivity contribution >= 4 is 40.2 Å². The van der Waals surface area contributed by atoms with Crippen molar-refractivity contribution in [2.24, 2.45) is 0 Å². The van der Waals surface area contributed by atoms with Gasteiger partial charge in [0.2, 0.25) is 5.91 Å². The van der Waals surface area contributed by atoms with E-state index in [2.05, 4.69) is 10.5 Å². The maximum atomic E-state index is 13.0. The number of halogens is 1. The molecule has 11 heteroatoms. The van der Waals surface area contributed by atoms with E-state index < -0.39 is 50.8 Å². The average Bonchev–Trinajstić information content (AvgIpc) is 3.14. The average molecular weight is 452 g/mol. The van der Waals surface area contributed by atoms with E-state index in [0.29, 0.717) is 10.6 Å². The fourth-order valence-corrected chi connectivity index (χ4v) is 6.13. The van der Waals surface area contributed by atoms with Crippen molar-refractivity contribution in [3.63, 3.8) is 0 Å². The summed E-state index contributed by atoms with van der Waals surface area (Å²) >= 11 is 6.21. The highest BCUT2D eigenvalue weighted by Gasteiger charge is 2.68. The number of hydrogen-bond acceptors (Lipinski definition) is 6. The molecule has 2 aliphatic rings. The Morgan fingerprint density at radius 3 is 2.63 bits per heavy atom. The van der Waals surface area contributed by atoms with Gasteiger partial charge in [-0.3, -0.25) is 13.8 Å². The second-order valence-corrected chi connectivity index (χ2v) is 10.2. The zero-order valence-electron chi connectivity index (χ0n) is 16.2. The van der Waals surface area contributed by atoms with Crippen LogP contribution in [0.3, 0.4) is 0 Å². The second-order valence-electron chi connectivity index (χ2n) is 7.67. The summed E-state index contributed by atoms with van der Waals surface area (Å²) in [6.07, 6.45) is 0. The Balaban J connectivity index is 1.64. The van der Waals surface area contributed by atoms with E-state index in [4.69, 9.17) is 16.1 Å². The predicted molar refractivity (Wildman–Crippen MR) is 107 cm³/mol. The first kappa shape index (κ1) is 20.5. The van der Waals surface area contributed by atoms with Crippen LogP contribution in [0.2, 0.25) is 5.02 Å². The molecule has 4 atom stereocenters. The maximum absolute atomic E-state index is 13.0. The molecule has 158 valence electrons. The molecule has 1 aromatic carbocycles. The van der Waals surface area contributed by atoms with Crippen molar-refractivity contribution < 1.29 is 28.2 Å². The lowest BCUT2D eigenvalue weighted by atomic mass is 9.95. The van der Waals surface area contributed by atoms with Crippen LogP contribution in [0.5, 0.6) is 0 Å². The molecule has 30 heavy (non-hydrogen) atoms. The van der Waals surface area contributed by atoms with Crippen LogP contribution in [-0.4, -0.2) is 59.4 Å². The number of aromatic nitrogens is 1. The third-order valence-corrected chi connectivity index (χ3v) is 8.02. The van der Waals surface area contributed by atoms with Crippen LogP contribution in [0.15, 0.2) is 28.8 Å². The van der Waals surface area contributed by atoms with Crippen LogP contribution in [0, 0.1) is 6.92 Å². The number of carboxylic acids is 1. The second kappa shape index (κ2) is 6.92. The van der Waals surface area contributed by atoms with Crippen LogP contribution < -0.4 is 5.32 Å². The number of fused-ring (bicyclic) bond motifs is 1. The number of carbonyl (C=O) groups excluding carboxylic acids is 2. The van der Waals surface area contributed by atoms with Crippen molar-refractivity contribution in [2.75, 3.05) is 0 Å². The van der Waals surface area contributed by atoms with E-state index in [1.807, 2.05) is 0 Å². The molecule has 1 unspecified atom stereocenters. The molecule has 2 saturated heterocycles. The molecule has 0 spiro atoms. The van der Waals surface area contributed by atoms with E-state index in [1.54, 1.807) is 31.2 Å². The normalized spacial score (nSPS) is 26.8. The quantitative estimate of drug-likeness (QED) is 0.674. The molecule has 0 saturated carbocycles. The third kappa shape index (κ3) is 2.78. The fourth-order valence-electron chi connectivity index (χ4n) is 3.98. The molecule has 2 N–H and O–H groups in total. The molecule has 2 aromatic rings. The molecule has 0 aliphatic carbocycles. The maximum Gasteiger partial charge on any atom is 0.328 e. The summed E-state index contributed by atoms with van der Waals surface area (Å²) in [6.45, 7) is 4.62. The van der Waals surface area contributed by atoms with Crippen molar-refractivity contribution in [2.45, 2.75) is 43.0 Å². The predicted octanol–water partition coefficient (Wildman–Crippen LogP) is 1.56. The Bertz CT molecular complexity index is 1110. The number of rotatable bonds is 4. The molecule has 2 amide bonds. The van der Waals surface area contributed by atoms with Gasteiger partial charge >= 0.3 is 5.97 Å². The Morgan fingerprint density at radius 1 is 1.33 bits per heavy atom. The van der Waals surface area contributed by atoms with Crippen molar-refractivity contribution in [1.82, 2.24) is 15.4 Å². The van der Waals surface area contributed by atoms with Gasteiger partial charge in [0.05, 0.1) is 20.6 Å². The summed E-state index contributed by atoms with van der Waals surface area (Å²) in [5, 5.41) is 15.5. The van der Waals surface area contributed by atoms with Gasteiger partial charge in [0.1, 0.15) is 34.5 Å². The highest BCUT2D eigenvalue weighted by molar-refractivity contribution is 7.87. The minimum absolute atomic E-state index is 0.104. The van der Waals surface area contributed by atoms with Crippen LogP contribution in [0.25, 0.3) is 11.3 Å². The molecular weight excluding hydrogens is 434 g/mol. The lowest BCUT2D eigenvalue weighted by molar-refractivity contribution is -0.159. The summed E-state index contributed by atoms with van der Waals surface area (Å²) in [7, 11) is -1.69. The largest absolute Gasteiger partial charge is 0.480 e. The topological polar surface area (TPSA) is 130 Å². The van der Waals surface area contributed by atoms with Gasteiger partial charge in [-0.25, -0.2) is 4.79 Å². The Hall–Kier alpha value is -2.72. The van der Waals surface area contributed by atoms with Crippen molar-refractivity contribution in [3.8, 4) is 11.3 Å². The Kier molecular flexibility index (Phi) is 4.74. The number of carbonyl (C=O) groups is 3. The zero-order chi connectivity index (χ0) is 22.0. The molecule has 2 aliphatic heterocycles. The van der Waals surface area contributed by atoms with Gasteiger partial charge in [-0.15, -0.1) is 0 Å². The lowest BCUT2D eigenvalue weighted by Gasteiger charge is -2.43. The highest BCUT2D eigenvalue weighted by Crippen LogP contribution is 2.43. The summed E-state index contributed by atoms with van der Waals surface area (Å²) < 4.78 is 16.9. The number of hydrogen-bond donors (Lipinski definition) is 2. The summed E-state index contributed by atoms with van der Waals surface area (Å²) in [5.74, 6) is -2.24. The molecule has 4 rings (SSSR count). The van der Waals surface area contributed by atoms with Crippen LogP contribution in [0.1, 0.15) is 30.0 Å². The van der Waals surface area contributed by atoms with Gasteiger partial charge in [-0.05, 0) is 26.8 Å². The molecule has 3 heterocycles. The number of nitrogens with one attached hydrogen (secondary N) is 1. The van der Waals surface area contributed by atoms with E-state index in [1.165, 1.54) is 13.8 Å². The first-order valence-electron chi connectivity index (χ1n) is 9.05. The van der Waals surface area contributed by atoms with E-state index in [-0.39, 0.29) is 17.0 Å². The molecule has 0 radical (unpaired) electrons. The number of aryl methyl sites for hydroxylation is 1. The van der Waals surface area contributed by atoms with Gasteiger partial charge in [0.15, 0.2) is 0 Å². The van der Waals surface area contributed by atoms with Gasteiger partial charge in [-0.2, -0.15) is 0 Å². The SMILES string of the molecule is Cc1onc(-c2ccccc2Cl)c1C(=O)N[C@@H]1C(=O)N2[C@@H]1S(=O)C(C)(C)[C@H]2C(=O)O. The van der Waals surface area contributed by atoms with Crippen LogP contribution in [-0.2, 0) is 20.4 Å². The number of benzene rings is 1. The number of aliphatic carboxylic acids is 1. The Morgan fingerprint density at radius 2 is 2.00 bits per heavy atom. The van der Waals surface area contributed by atoms with Crippen molar-refractivity contribution in [1.29, 1.82) is 0 Å². The number of carboxylic acid groups (broad SMARTS) is 1. The highest BCUT2D eigenvalue weighted by atomic mass is 35.5. The zero-order valence-corrected chi connectivity index (χ0v) is 17.8. The molecule has 0 bridgehead atoms. The van der Waals surface area contributed by atoms with Gasteiger partial charge in [0, 0.05) is 5.56 Å². The fraction of sp³-hybridized carbons (Fsp3) is 0.368. The van der Waals surface area contributed by atoms with Crippen molar-refractivity contribution in [3.05, 3.63) is 40.6 Å². The lowest BCUT2D eigenvalue weighted by Crippen LogP contribution is -2.71. The summed E-state index contributed by atoms with van der Waals surface area (Å²) in [6, 6.07) is 4.46. The third-order valence-electron chi connectivity index (χ3n) is 5.49. The standard InChI is InChI=1S/C19H18ClN3O6S/c1-8-11(12(22-29-8)9-6-4-5-7-10(9)20)15(24)21-13-16(25)23-14(18(26)27)19(2,3)30(28)17(13)23/h4-7,13-14,17H,1-3H3,(H,21,24)(H,26,27)/t13-,14-,17-,30?/m1/s1. The van der Waals surface area contributed by atoms with Gasteiger partial charge in [-0.1, -0.05) is 35.0 Å². The van der Waals surface area contributed by atoms with Crippen LogP contribution in [0.4, 0.5) is 0 Å². The molecule has 9 nitrogen and oxygen atoms in total. The number of nitrogens with zero attached hydrogens (tertiary/aromatic N) is 2. The minimum Gasteiger partial charge on any atom is -0.480 e. The van der Waals surface area contributed by atoms with E-state index >= 15 is 0 Å². The van der Waals surface area contributed by atoms with Crippen LogP contribution >= 0.6 is 11.6 Å². The minimum atomic E-state index is -1.69. The summed E-state index contributed by atoms with van der Waals surface area (Å²) in [5.41, 5.74) is 0.807. The Labute approximate surface area is 178 Å². The van der Waals surface area contributed by atoms with Gasteiger partial charge in [0.25, 0.3) is 5.91 Å². The monoisotopic (exact) mass is 451 g/mol. The first-order valence-corrected chi connectivity index (χ1v) is 10.6. The smallest absolute Gasteiger partial charge is 0.328 e. The number of amides is 2. The van der Waals surface area contributed by atoms with Gasteiger partial charge < -0.3 is 19.8 Å². The van der Waals surface area contributed by atoms with E-state index in [0.717, 1.165) is 4.90 Å². The number of β-lactam (4-membered cyclic amide) rings is 1. The van der Waals surface area contributed by atoms with E-state index in [9.17, 15) is 23.7 Å². The first-order chi connectivity index (χ1) is 14.1.